The fraction of sp³-hybridized carbons (Fsp3) is 0.235. The Balaban J connectivity index is 1.79. The molecule has 2 heterocycles. The molecule has 3 rings (SSSR count). The van der Waals surface area contributed by atoms with Gasteiger partial charge in [0.15, 0.2) is 0 Å². The van der Waals surface area contributed by atoms with E-state index in [0.717, 1.165) is 12.0 Å². The molecular weight excluding hydrogens is 295 g/mol. The van der Waals surface area contributed by atoms with Crippen LogP contribution in [0, 0.1) is 0 Å². The lowest BCUT2D eigenvalue weighted by atomic mass is 9.90. The summed E-state index contributed by atoms with van der Waals surface area (Å²) >= 11 is 0. The summed E-state index contributed by atoms with van der Waals surface area (Å²) in [6, 6.07) is 3.61. The van der Waals surface area contributed by atoms with Crippen LogP contribution >= 0.6 is 0 Å². The van der Waals surface area contributed by atoms with Crippen LogP contribution in [-0.4, -0.2) is 33.3 Å². The van der Waals surface area contributed by atoms with Crippen LogP contribution in [0.2, 0.25) is 0 Å². The molecule has 0 radical (unpaired) electrons. The van der Waals surface area contributed by atoms with E-state index in [9.17, 15) is 4.39 Å². The number of hydrogen-bond donors (Lipinski definition) is 0. The summed E-state index contributed by atoms with van der Waals surface area (Å²) < 4.78 is 19.0. The van der Waals surface area contributed by atoms with E-state index < -0.39 is 6.67 Å². The number of hydrogen-bond acceptors (Lipinski definition) is 4. The fourth-order valence-corrected chi connectivity index (χ4v) is 2.39. The van der Waals surface area contributed by atoms with Crippen molar-refractivity contribution >= 4 is 6.08 Å². The molecule has 118 valence electrons. The van der Waals surface area contributed by atoms with Crippen molar-refractivity contribution in [1.29, 1.82) is 0 Å². The van der Waals surface area contributed by atoms with Crippen molar-refractivity contribution < 1.29 is 9.13 Å². The number of nitrogens with zero attached hydrogens (tertiary/aromatic N) is 4. The summed E-state index contributed by atoms with van der Waals surface area (Å²) in [5, 5.41) is 8.03. The summed E-state index contributed by atoms with van der Waals surface area (Å²) in [5.74, 6) is 0.422. The summed E-state index contributed by atoms with van der Waals surface area (Å²) in [4.78, 5) is 4.16. The van der Waals surface area contributed by atoms with Gasteiger partial charge >= 0.3 is 0 Å². The molecule has 1 unspecified atom stereocenters. The van der Waals surface area contributed by atoms with E-state index in [4.69, 9.17) is 4.74 Å². The van der Waals surface area contributed by atoms with Crippen LogP contribution in [0.5, 0.6) is 5.88 Å². The van der Waals surface area contributed by atoms with Gasteiger partial charge in [0.05, 0.1) is 6.20 Å². The Bertz CT molecular complexity index is 707. The third-order valence-electron chi connectivity index (χ3n) is 3.58. The van der Waals surface area contributed by atoms with Crippen LogP contribution in [-0.2, 0) is 5.54 Å². The van der Waals surface area contributed by atoms with Crippen LogP contribution in [0.15, 0.2) is 61.1 Å². The lowest BCUT2D eigenvalue weighted by molar-refractivity contribution is 0.264. The molecule has 2 aromatic heterocycles. The van der Waals surface area contributed by atoms with Gasteiger partial charge in [-0.05, 0) is 18.1 Å². The number of allylic oxidation sites excluding steroid dienone is 5. The van der Waals surface area contributed by atoms with Crippen LogP contribution in [0.3, 0.4) is 0 Å². The Hall–Kier alpha value is -2.76. The van der Waals surface area contributed by atoms with Gasteiger partial charge in [0.1, 0.15) is 18.8 Å². The summed E-state index contributed by atoms with van der Waals surface area (Å²) in [6.45, 7) is -0.502. The van der Waals surface area contributed by atoms with Crippen LogP contribution in [0.1, 0.15) is 12.0 Å². The quantitative estimate of drug-likeness (QED) is 0.823. The monoisotopic (exact) mass is 312 g/mol. The fourth-order valence-electron chi connectivity index (χ4n) is 2.39. The molecule has 0 aromatic carbocycles. The molecule has 6 heteroatoms. The Labute approximate surface area is 133 Å². The molecule has 23 heavy (non-hydrogen) atoms. The summed E-state index contributed by atoms with van der Waals surface area (Å²) in [6.07, 6.45) is 18.3. The maximum Gasteiger partial charge on any atom is 0.213 e. The predicted octanol–water partition coefficient (Wildman–Crippen LogP) is 2.95. The van der Waals surface area contributed by atoms with Crippen LogP contribution in [0.25, 0.3) is 6.08 Å². The topological polar surface area (TPSA) is 52.8 Å². The molecular formula is C17H17FN4O. The molecule has 0 amide bonds. The molecule has 2 aromatic rings. The van der Waals surface area contributed by atoms with Gasteiger partial charge in [-0.3, -0.25) is 0 Å². The van der Waals surface area contributed by atoms with Crippen molar-refractivity contribution in [2.24, 2.45) is 0 Å². The van der Waals surface area contributed by atoms with E-state index in [1.165, 1.54) is 0 Å². The molecule has 1 atom stereocenters. The molecule has 0 saturated carbocycles. The zero-order chi connectivity index (χ0) is 16.0. The number of ether oxygens (including phenoxy) is 1. The number of rotatable bonds is 6. The van der Waals surface area contributed by atoms with Gasteiger partial charge in [-0.25, -0.2) is 14.1 Å². The maximum atomic E-state index is 12.1. The first-order valence-corrected chi connectivity index (χ1v) is 7.38. The zero-order valence-corrected chi connectivity index (χ0v) is 12.5. The molecule has 0 bridgehead atoms. The van der Waals surface area contributed by atoms with Gasteiger partial charge in [-0.2, -0.15) is 0 Å². The van der Waals surface area contributed by atoms with Gasteiger partial charge in [0.2, 0.25) is 5.88 Å². The maximum absolute atomic E-state index is 12.1. The number of halogens is 1. The lowest BCUT2D eigenvalue weighted by Gasteiger charge is -2.27. The zero-order valence-electron chi connectivity index (χ0n) is 12.5. The second kappa shape index (κ2) is 7.00. The SMILES string of the molecule is FCCOc1ccc(/C=C/C2(n3ccnn3)C=CC=CC2)cn1. The minimum Gasteiger partial charge on any atom is -0.475 e. The van der Waals surface area contributed by atoms with Gasteiger partial charge in [-0.1, -0.05) is 41.7 Å². The van der Waals surface area contributed by atoms with E-state index >= 15 is 0 Å². The second-order valence-corrected chi connectivity index (χ2v) is 5.13. The van der Waals surface area contributed by atoms with E-state index in [-0.39, 0.29) is 12.1 Å². The first-order chi connectivity index (χ1) is 11.3. The Kier molecular flexibility index (Phi) is 4.61. The van der Waals surface area contributed by atoms with Crippen molar-refractivity contribution in [2.45, 2.75) is 12.0 Å². The van der Waals surface area contributed by atoms with Gasteiger partial charge < -0.3 is 4.74 Å². The average Bonchev–Trinajstić information content (AvgIpc) is 3.15. The number of pyridine rings is 1. The predicted molar refractivity (Wildman–Crippen MR) is 85.6 cm³/mol. The molecule has 0 saturated heterocycles. The smallest absolute Gasteiger partial charge is 0.213 e. The Morgan fingerprint density at radius 3 is 2.96 bits per heavy atom. The normalized spacial score (nSPS) is 20.2. The van der Waals surface area contributed by atoms with Crippen molar-refractivity contribution in [1.82, 2.24) is 20.0 Å². The van der Waals surface area contributed by atoms with Crippen LogP contribution < -0.4 is 4.74 Å². The molecule has 5 nitrogen and oxygen atoms in total. The largest absolute Gasteiger partial charge is 0.475 e. The minimum atomic E-state index is -0.524. The van der Waals surface area contributed by atoms with E-state index in [0.29, 0.717) is 5.88 Å². The third kappa shape index (κ3) is 3.53. The highest BCUT2D eigenvalue weighted by Gasteiger charge is 2.26. The van der Waals surface area contributed by atoms with E-state index in [2.05, 4.69) is 33.5 Å². The number of alkyl halides is 1. The number of aromatic nitrogens is 4. The average molecular weight is 312 g/mol. The van der Waals surface area contributed by atoms with Crippen molar-refractivity contribution in [3.8, 4) is 5.88 Å². The van der Waals surface area contributed by atoms with Gasteiger partial charge in [-0.15, -0.1) is 5.10 Å². The summed E-state index contributed by atoms with van der Waals surface area (Å²) in [7, 11) is 0. The van der Waals surface area contributed by atoms with Crippen molar-refractivity contribution in [2.75, 3.05) is 13.3 Å². The summed E-state index contributed by atoms with van der Waals surface area (Å²) in [5.41, 5.74) is 0.564. The molecule has 0 spiro atoms. The first-order valence-electron chi connectivity index (χ1n) is 7.38. The molecule has 0 aliphatic heterocycles. The van der Waals surface area contributed by atoms with Crippen molar-refractivity contribution in [3.05, 3.63) is 66.7 Å². The molecule has 1 aliphatic rings. The highest BCUT2D eigenvalue weighted by molar-refractivity contribution is 5.51. The molecule has 0 N–H and O–H groups in total. The van der Waals surface area contributed by atoms with Gasteiger partial charge in [0.25, 0.3) is 0 Å². The second-order valence-electron chi connectivity index (χ2n) is 5.13. The van der Waals surface area contributed by atoms with Gasteiger partial charge in [0, 0.05) is 18.5 Å². The highest BCUT2D eigenvalue weighted by Crippen LogP contribution is 2.28. The van der Waals surface area contributed by atoms with Crippen LogP contribution in [0.4, 0.5) is 4.39 Å². The highest BCUT2D eigenvalue weighted by atomic mass is 19.1. The van der Waals surface area contributed by atoms with E-state index in [1.54, 1.807) is 18.5 Å². The standard InChI is InChI=1S/C17H17FN4O/c18-10-13-23-16-5-4-15(14-19-16)6-9-17(7-2-1-3-8-17)22-12-11-20-21-22/h1-7,9,11-12,14H,8,10,13H2/b9-6+. The minimum absolute atomic E-state index is 0.0225. The molecule has 1 aliphatic carbocycles. The Morgan fingerprint density at radius 1 is 1.35 bits per heavy atom. The third-order valence-corrected chi connectivity index (χ3v) is 3.58. The molecule has 0 fully saturated rings. The Morgan fingerprint density at radius 2 is 2.30 bits per heavy atom. The van der Waals surface area contributed by atoms with E-state index in [1.807, 2.05) is 35.2 Å². The lowest BCUT2D eigenvalue weighted by Crippen LogP contribution is -2.30. The van der Waals surface area contributed by atoms with Crippen molar-refractivity contribution in [3.63, 3.8) is 0 Å². The first kappa shape index (κ1) is 15.1.